The van der Waals surface area contributed by atoms with E-state index in [1.807, 2.05) is 78.9 Å². The third-order valence-corrected chi connectivity index (χ3v) is 10.9. The maximum absolute atomic E-state index is 13.8. The molecule has 18 heteroatoms. The molecule has 0 saturated carbocycles. The maximum atomic E-state index is 13.8. The molecule has 0 aliphatic heterocycles. The molecule has 0 fully saturated rings. The standard InChI is InChI=1S/C26H18FN5O.C20H14BrN5O.C6H6BFO2/c27-19-7-3-5-16(13-19)17-10-11-21-23(14-17)31-25(18-6-4-12-29-15-18)32-26(21)30-22-9-2-1-8-20(22)24(28)33;21-13-7-8-15-17(10-13)25-19(12-4-3-9-23-11-12)26-20(15)24-16-6-2-1-5-14(16)18(22)27;8-6-3-1-2-5(4-6)7(9)10/h1-15H,(H2,28,33)(H,30,31,32);1-11H,(H2,22,27)(H,24,25,26);1-4,9-10H. The quantitative estimate of drug-likeness (QED) is 0.0705. The predicted molar refractivity (Wildman–Crippen MR) is 271 cm³/mol. The van der Waals surface area contributed by atoms with Crippen molar-refractivity contribution in [2.75, 3.05) is 10.6 Å². The summed E-state index contributed by atoms with van der Waals surface area (Å²) < 4.78 is 27.0. The number of benzene rings is 6. The van der Waals surface area contributed by atoms with Crippen LogP contribution in [0.1, 0.15) is 20.7 Å². The molecular formula is C52H38BBrF2N10O4. The van der Waals surface area contributed by atoms with Gasteiger partial charge in [0.15, 0.2) is 11.6 Å². The van der Waals surface area contributed by atoms with Crippen molar-refractivity contribution in [2.24, 2.45) is 11.5 Å². The van der Waals surface area contributed by atoms with Crippen LogP contribution in [0.3, 0.4) is 0 Å². The molecule has 10 aromatic rings. The predicted octanol–water partition coefficient (Wildman–Crippen LogP) is 9.14. The number of rotatable bonds is 10. The largest absolute Gasteiger partial charge is 0.488 e. The van der Waals surface area contributed by atoms with E-state index in [0.29, 0.717) is 51.3 Å². The zero-order chi connectivity index (χ0) is 49.1. The van der Waals surface area contributed by atoms with Crippen molar-refractivity contribution < 1.29 is 28.4 Å². The summed E-state index contributed by atoms with van der Waals surface area (Å²) in [6.07, 6.45) is 6.76. The number of anilines is 4. The van der Waals surface area contributed by atoms with E-state index < -0.39 is 24.7 Å². The number of nitrogens with two attached hydrogens (primary N) is 2. The van der Waals surface area contributed by atoms with Gasteiger partial charge in [-0.15, -0.1) is 0 Å². The fraction of sp³-hybridized carbons (Fsp3) is 0. The number of carbonyl (C=O) groups is 2. The summed E-state index contributed by atoms with van der Waals surface area (Å²) in [7, 11) is -1.59. The first-order valence-electron chi connectivity index (χ1n) is 21.2. The Hall–Kier alpha value is -8.84. The Balaban J connectivity index is 0.000000160. The van der Waals surface area contributed by atoms with Crippen LogP contribution in [0, 0.1) is 11.6 Å². The fourth-order valence-corrected chi connectivity index (χ4v) is 7.40. The van der Waals surface area contributed by atoms with Gasteiger partial charge < -0.3 is 32.1 Å². The Morgan fingerprint density at radius 3 is 1.49 bits per heavy atom. The normalized spacial score (nSPS) is 10.6. The van der Waals surface area contributed by atoms with Gasteiger partial charge in [0.1, 0.15) is 23.3 Å². The van der Waals surface area contributed by atoms with Gasteiger partial charge in [-0.3, -0.25) is 19.6 Å². The summed E-state index contributed by atoms with van der Waals surface area (Å²) in [5.41, 5.74) is 17.6. The first kappa shape index (κ1) is 47.7. The van der Waals surface area contributed by atoms with Gasteiger partial charge in [0.05, 0.1) is 33.5 Å². The maximum Gasteiger partial charge on any atom is 0.488 e. The minimum absolute atomic E-state index is 0.167. The lowest BCUT2D eigenvalue weighted by atomic mass is 9.80. The van der Waals surface area contributed by atoms with Crippen LogP contribution >= 0.6 is 15.9 Å². The number of primary amides is 2. The van der Waals surface area contributed by atoms with Crippen molar-refractivity contribution >= 4 is 85.1 Å². The summed E-state index contributed by atoms with van der Waals surface area (Å²) in [6.45, 7) is 0. The van der Waals surface area contributed by atoms with Crippen LogP contribution in [0.2, 0.25) is 0 Å². The molecule has 4 aromatic heterocycles. The van der Waals surface area contributed by atoms with Crippen molar-refractivity contribution in [2.45, 2.75) is 0 Å². The third kappa shape index (κ3) is 11.6. The molecule has 14 nitrogen and oxygen atoms in total. The van der Waals surface area contributed by atoms with E-state index in [2.05, 4.69) is 46.5 Å². The topological polar surface area (TPSA) is 228 Å². The van der Waals surface area contributed by atoms with Gasteiger partial charge >= 0.3 is 7.12 Å². The molecule has 0 radical (unpaired) electrons. The number of pyridine rings is 2. The van der Waals surface area contributed by atoms with Crippen LogP contribution in [0.15, 0.2) is 187 Å². The zero-order valence-corrected chi connectivity index (χ0v) is 38.2. The molecular weight excluding hydrogens is 957 g/mol. The summed E-state index contributed by atoms with van der Waals surface area (Å²) in [6, 6.07) is 44.4. The summed E-state index contributed by atoms with van der Waals surface area (Å²) >= 11 is 3.48. The number of amides is 2. The van der Waals surface area contributed by atoms with Crippen molar-refractivity contribution in [1.29, 1.82) is 0 Å². The van der Waals surface area contributed by atoms with Crippen LogP contribution < -0.4 is 27.6 Å². The lowest BCUT2D eigenvalue weighted by Gasteiger charge is -2.14. The molecule has 10 rings (SSSR count). The number of fused-ring (bicyclic) bond motifs is 2. The molecule has 0 spiro atoms. The Bertz CT molecular complexity index is 3510. The van der Waals surface area contributed by atoms with E-state index in [4.69, 9.17) is 31.5 Å². The second kappa shape index (κ2) is 21.9. The molecule has 0 bridgehead atoms. The highest BCUT2D eigenvalue weighted by Gasteiger charge is 2.16. The van der Waals surface area contributed by atoms with E-state index >= 15 is 0 Å². The number of nitrogens with one attached hydrogen (secondary N) is 2. The molecule has 0 aliphatic rings. The molecule has 70 heavy (non-hydrogen) atoms. The van der Waals surface area contributed by atoms with Gasteiger partial charge in [0.2, 0.25) is 0 Å². The minimum Gasteiger partial charge on any atom is -0.423 e. The average Bonchev–Trinajstić information content (AvgIpc) is 3.37. The fourth-order valence-electron chi connectivity index (χ4n) is 7.06. The first-order chi connectivity index (χ1) is 33.9. The van der Waals surface area contributed by atoms with Gasteiger partial charge in [-0.05, 0) is 120 Å². The summed E-state index contributed by atoms with van der Waals surface area (Å²) in [5.74, 6) is 0.267. The molecule has 6 aromatic carbocycles. The molecule has 8 N–H and O–H groups in total. The molecule has 0 saturated heterocycles. The number of halogens is 3. The Labute approximate surface area is 407 Å². The first-order valence-corrected chi connectivity index (χ1v) is 22.0. The van der Waals surface area contributed by atoms with Gasteiger partial charge in [-0.1, -0.05) is 70.5 Å². The number of aromatic nitrogens is 6. The monoisotopic (exact) mass is 994 g/mol. The lowest BCUT2D eigenvalue weighted by molar-refractivity contribution is 0.0992. The average molecular weight is 996 g/mol. The SMILES string of the molecule is NC(=O)c1ccccc1Nc1nc(-c2cccnc2)nc2cc(-c3cccc(F)c3)ccc12.NC(=O)c1ccccc1Nc1nc(-c2cccnc2)nc2cc(Br)ccc12.OB(O)c1cccc(F)c1. The Kier molecular flexibility index (Phi) is 14.9. The van der Waals surface area contributed by atoms with Crippen LogP contribution in [0.25, 0.3) is 55.7 Å². The molecule has 0 atom stereocenters. The zero-order valence-electron chi connectivity index (χ0n) is 36.6. The highest BCUT2D eigenvalue weighted by molar-refractivity contribution is 9.10. The second-order valence-corrected chi connectivity index (χ2v) is 16.1. The highest BCUT2D eigenvalue weighted by Crippen LogP contribution is 2.33. The number of hydrogen-bond acceptors (Lipinski definition) is 12. The van der Waals surface area contributed by atoms with E-state index in [-0.39, 0.29) is 11.3 Å². The molecule has 2 amide bonds. The van der Waals surface area contributed by atoms with Crippen LogP contribution in [0.4, 0.5) is 31.8 Å². The number of nitrogens with zero attached hydrogens (tertiary/aromatic N) is 6. The van der Waals surface area contributed by atoms with Crippen LogP contribution in [-0.2, 0) is 0 Å². The smallest absolute Gasteiger partial charge is 0.423 e. The van der Waals surface area contributed by atoms with Gasteiger partial charge in [-0.2, -0.15) is 0 Å². The van der Waals surface area contributed by atoms with Crippen molar-refractivity contribution in [1.82, 2.24) is 29.9 Å². The highest BCUT2D eigenvalue weighted by atomic mass is 79.9. The van der Waals surface area contributed by atoms with Gasteiger partial charge in [0, 0.05) is 51.2 Å². The Morgan fingerprint density at radius 2 is 1.00 bits per heavy atom. The lowest BCUT2D eigenvalue weighted by Crippen LogP contribution is -2.29. The number of carbonyl (C=O) groups excluding carboxylic acids is 2. The van der Waals surface area contributed by atoms with Crippen LogP contribution in [0.5, 0.6) is 0 Å². The molecule has 0 aliphatic carbocycles. The summed E-state index contributed by atoms with van der Waals surface area (Å²) in [4.78, 5) is 50.7. The Morgan fingerprint density at radius 1 is 0.514 bits per heavy atom. The second-order valence-electron chi connectivity index (χ2n) is 15.2. The van der Waals surface area contributed by atoms with Crippen molar-refractivity contribution in [3.8, 4) is 33.9 Å². The molecule has 344 valence electrons. The van der Waals surface area contributed by atoms with Crippen molar-refractivity contribution in [3.05, 3.63) is 210 Å². The minimum atomic E-state index is -1.59. The number of para-hydroxylation sites is 2. The summed E-state index contributed by atoms with van der Waals surface area (Å²) in [5, 5.41) is 25.1. The third-order valence-electron chi connectivity index (χ3n) is 10.4. The number of hydrogen-bond donors (Lipinski definition) is 6. The molecule has 0 unspecified atom stereocenters. The van der Waals surface area contributed by atoms with Gasteiger partial charge in [-0.25, -0.2) is 28.7 Å². The van der Waals surface area contributed by atoms with E-state index in [1.165, 1.54) is 30.3 Å². The van der Waals surface area contributed by atoms with E-state index in [1.54, 1.807) is 67.3 Å². The van der Waals surface area contributed by atoms with Crippen LogP contribution in [-0.4, -0.2) is 58.9 Å². The van der Waals surface area contributed by atoms with Gasteiger partial charge in [0.25, 0.3) is 11.8 Å². The van der Waals surface area contributed by atoms with E-state index in [9.17, 15) is 18.4 Å². The van der Waals surface area contributed by atoms with Crippen molar-refractivity contribution in [3.63, 3.8) is 0 Å². The molecule has 4 heterocycles. The van der Waals surface area contributed by atoms with E-state index in [0.717, 1.165) is 49.1 Å².